The number of anilines is 1. The van der Waals surface area contributed by atoms with Crippen LogP contribution >= 0.6 is 11.3 Å². The summed E-state index contributed by atoms with van der Waals surface area (Å²) in [6.45, 7) is 1.80. The molecule has 0 radical (unpaired) electrons. The SMILES string of the molecule is O=c1[nH]c(O)c(Cc2ccc3c(c2)CN(c2nc4ccccc4o2)CCO3)s1. The first-order chi connectivity index (χ1) is 13.7. The molecule has 0 saturated carbocycles. The van der Waals surface area contributed by atoms with Gasteiger partial charge < -0.3 is 19.2 Å². The molecule has 0 bridgehead atoms. The Morgan fingerprint density at radius 2 is 2.14 bits per heavy atom. The van der Waals surface area contributed by atoms with Crippen molar-refractivity contribution in [1.82, 2.24) is 9.97 Å². The van der Waals surface area contributed by atoms with E-state index in [9.17, 15) is 9.90 Å². The van der Waals surface area contributed by atoms with Crippen molar-refractivity contribution in [3.63, 3.8) is 0 Å². The maximum absolute atomic E-state index is 11.4. The molecule has 2 aromatic carbocycles. The van der Waals surface area contributed by atoms with Gasteiger partial charge in [0.05, 0.1) is 18.0 Å². The standard InChI is InChI=1S/C20H17N3O4S/c24-18-17(28-20(25)22-18)10-12-5-6-15-13(9-12)11-23(7-8-26-15)19-21-14-3-1-2-4-16(14)27-19/h1-6,9,24H,7-8,10-11H2,(H,22,25). The molecule has 28 heavy (non-hydrogen) atoms. The van der Waals surface area contributed by atoms with Crippen LogP contribution in [0.25, 0.3) is 11.1 Å². The molecule has 5 rings (SSSR count). The quantitative estimate of drug-likeness (QED) is 0.553. The third-order valence-electron chi connectivity index (χ3n) is 4.72. The van der Waals surface area contributed by atoms with Gasteiger partial charge >= 0.3 is 4.87 Å². The monoisotopic (exact) mass is 395 g/mol. The maximum atomic E-state index is 11.4. The highest BCUT2D eigenvalue weighted by atomic mass is 32.1. The molecule has 2 aromatic heterocycles. The zero-order valence-electron chi connectivity index (χ0n) is 14.8. The summed E-state index contributed by atoms with van der Waals surface area (Å²) in [6.07, 6.45) is 0.478. The van der Waals surface area contributed by atoms with Crippen LogP contribution in [0.2, 0.25) is 0 Å². The van der Waals surface area contributed by atoms with E-state index in [1.807, 2.05) is 42.5 Å². The molecular weight excluding hydrogens is 378 g/mol. The molecule has 0 aliphatic carbocycles. The molecule has 8 heteroatoms. The number of ether oxygens (including phenoxy) is 1. The van der Waals surface area contributed by atoms with E-state index in [0.29, 0.717) is 37.0 Å². The van der Waals surface area contributed by atoms with Crippen LogP contribution in [-0.2, 0) is 13.0 Å². The second-order valence-electron chi connectivity index (χ2n) is 6.64. The van der Waals surface area contributed by atoms with Gasteiger partial charge in [-0.3, -0.25) is 9.78 Å². The molecular formula is C20H17N3O4S. The number of thiazole rings is 1. The van der Waals surface area contributed by atoms with Crippen molar-refractivity contribution in [2.24, 2.45) is 0 Å². The number of rotatable bonds is 3. The summed E-state index contributed by atoms with van der Waals surface area (Å²) < 4.78 is 11.8. The van der Waals surface area contributed by atoms with Gasteiger partial charge in [0, 0.05) is 12.0 Å². The number of oxazole rings is 1. The van der Waals surface area contributed by atoms with E-state index < -0.39 is 0 Å². The van der Waals surface area contributed by atoms with E-state index in [1.54, 1.807) is 0 Å². The zero-order chi connectivity index (χ0) is 19.1. The normalized spacial score (nSPS) is 13.9. The second kappa shape index (κ2) is 6.72. The number of hydrogen-bond acceptors (Lipinski definition) is 7. The summed E-state index contributed by atoms with van der Waals surface area (Å²) in [5, 5.41) is 9.84. The van der Waals surface area contributed by atoms with Crippen molar-refractivity contribution in [2.45, 2.75) is 13.0 Å². The predicted octanol–water partition coefficient (Wildman–Crippen LogP) is 3.27. The molecule has 0 unspecified atom stereocenters. The van der Waals surface area contributed by atoms with E-state index in [2.05, 4.69) is 14.9 Å². The van der Waals surface area contributed by atoms with Gasteiger partial charge in [-0.15, -0.1) is 0 Å². The lowest BCUT2D eigenvalue weighted by molar-refractivity contribution is 0.329. The van der Waals surface area contributed by atoms with Crippen LogP contribution in [0, 0.1) is 0 Å². The molecule has 0 amide bonds. The minimum Gasteiger partial charge on any atom is -0.494 e. The highest BCUT2D eigenvalue weighted by Gasteiger charge is 2.20. The Labute approximate surface area is 163 Å². The Hall–Kier alpha value is -3.26. The van der Waals surface area contributed by atoms with Gasteiger partial charge in [0.1, 0.15) is 17.9 Å². The number of aromatic nitrogens is 2. The van der Waals surface area contributed by atoms with Crippen LogP contribution < -0.4 is 14.5 Å². The number of aromatic hydroxyl groups is 1. The molecule has 142 valence electrons. The highest BCUT2D eigenvalue weighted by Crippen LogP contribution is 2.30. The van der Waals surface area contributed by atoms with Crippen molar-refractivity contribution in [3.8, 4) is 11.6 Å². The fourth-order valence-corrected chi connectivity index (χ4v) is 4.13. The van der Waals surface area contributed by atoms with Crippen molar-refractivity contribution in [1.29, 1.82) is 0 Å². The largest absolute Gasteiger partial charge is 0.494 e. The van der Waals surface area contributed by atoms with Crippen LogP contribution in [0.3, 0.4) is 0 Å². The molecule has 0 saturated heterocycles. The lowest BCUT2D eigenvalue weighted by Crippen LogP contribution is -2.25. The van der Waals surface area contributed by atoms with E-state index in [0.717, 1.165) is 39.3 Å². The van der Waals surface area contributed by atoms with Crippen LogP contribution in [0.4, 0.5) is 6.01 Å². The first-order valence-corrected chi connectivity index (χ1v) is 9.73. The van der Waals surface area contributed by atoms with E-state index >= 15 is 0 Å². The molecule has 0 spiro atoms. The average molecular weight is 395 g/mol. The summed E-state index contributed by atoms with van der Waals surface area (Å²) >= 11 is 1.02. The molecule has 0 atom stereocenters. The fraction of sp³-hybridized carbons (Fsp3) is 0.200. The molecule has 0 fully saturated rings. The maximum Gasteiger partial charge on any atom is 0.307 e. The van der Waals surface area contributed by atoms with Crippen LogP contribution in [0.1, 0.15) is 16.0 Å². The van der Waals surface area contributed by atoms with Gasteiger partial charge in [-0.1, -0.05) is 29.5 Å². The summed E-state index contributed by atoms with van der Waals surface area (Å²) in [7, 11) is 0. The lowest BCUT2D eigenvalue weighted by Gasteiger charge is -2.17. The Morgan fingerprint density at radius 1 is 1.25 bits per heavy atom. The second-order valence-corrected chi connectivity index (χ2v) is 7.71. The molecule has 4 aromatic rings. The summed E-state index contributed by atoms with van der Waals surface area (Å²) in [6, 6.07) is 14.2. The van der Waals surface area contributed by atoms with Crippen LogP contribution in [0.5, 0.6) is 11.6 Å². The van der Waals surface area contributed by atoms with Gasteiger partial charge in [0.25, 0.3) is 6.01 Å². The highest BCUT2D eigenvalue weighted by molar-refractivity contribution is 7.09. The number of aromatic amines is 1. The topological polar surface area (TPSA) is 91.6 Å². The Balaban J connectivity index is 1.45. The molecule has 1 aliphatic rings. The fourth-order valence-electron chi connectivity index (χ4n) is 3.37. The van der Waals surface area contributed by atoms with Crippen molar-refractivity contribution in [3.05, 3.63) is 68.1 Å². The van der Waals surface area contributed by atoms with Crippen LogP contribution in [-0.4, -0.2) is 28.2 Å². The Kier molecular flexibility index (Phi) is 4.05. The van der Waals surface area contributed by atoms with E-state index in [-0.39, 0.29) is 10.8 Å². The number of benzene rings is 2. The number of para-hydroxylation sites is 2. The molecule has 1 aliphatic heterocycles. The van der Waals surface area contributed by atoms with Gasteiger partial charge in [-0.05, 0) is 29.8 Å². The first-order valence-electron chi connectivity index (χ1n) is 8.92. The molecule has 7 nitrogen and oxygen atoms in total. The van der Waals surface area contributed by atoms with Crippen LogP contribution in [0.15, 0.2) is 51.7 Å². The van der Waals surface area contributed by atoms with Gasteiger partial charge in [0.2, 0.25) is 5.88 Å². The Bertz CT molecular complexity index is 1180. The average Bonchev–Trinajstić information content (AvgIpc) is 3.17. The third kappa shape index (κ3) is 3.11. The number of H-pyrrole nitrogens is 1. The Morgan fingerprint density at radius 3 is 2.96 bits per heavy atom. The molecule has 3 heterocycles. The smallest absolute Gasteiger partial charge is 0.307 e. The van der Waals surface area contributed by atoms with Crippen molar-refractivity contribution >= 4 is 28.5 Å². The molecule has 2 N–H and O–H groups in total. The minimum atomic E-state index is -0.257. The number of fused-ring (bicyclic) bond motifs is 2. The number of hydrogen-bond donors (Lipinski definition) is 2. The van der Waals surface area contributed by atoms with Crippen molar-refractivity contribution < 1.29 is 14.3 Å². The minimum absolute atomic E-state index is 0.0608. The lowest BCUT2D eigenvalue weighted by atomic mass is 10.1. The van der Waals surface area contributed by atoms with Gasteiger partial charge in [-0.25, -0.2) is 0 Å². The number of nitrogens with one attached hydrogen (secondary N) is 1. The van der Waals surface area contributed by atoms with Crippen molar-refractivity contribution in [2.75, 3.05) is 18.1 Å². The first kappa shape index (κ1) is 16.9. The van der Waals surface area contributed by atoms with E-state index in [4.69, 9.17) is 9.15 Å². The zero-order valence-corrected chi connectivity index (χ0v) is 15.7. The predicted molar refractivity (Wildman–Crippen MR) is 106 cm³/mol. The summed E-state index contributed by atoms with van der Waals surface area (Å²) in [5.41, 5.74) is 3.59. The number of nitrogens with zero attached hydrogens (tertiary/aromatic N) is 2. The van der Waals surface area contributed by atoms with Gasteiger partial charge in [0.15, 0.2) is 5.58 Å². The summed E-state index contributed by atoms with van der Waals surface area (Å²) in [4.78, 5) is 20.8. The summed E-state index contributed by atoms with van der Waals surface area (Å²) in [5.74, 6) is 0.767. The third-order valence-corrected chi connectivity index (χ3v) is 5.59. The van der Waals surface area contributed by atoms with E-state index in [1.165, 1.54) is 0 Å². The van der Waals surface area contributed by atoms with Gasteiger partial charge in [-0.2, -0.15) is 4.98 Å².